The van der Waals surface area contributed by atoms with Gasteiger partial charge in [0, 0.05) is 25.1 Å². The summed E-state index contributed by atoms with van der Waals surface area (Å²) in [6.45, 7) is 9.66. The summed E-state index contributed by atoms with van der Waals surface area (Å²) in [6, 6.07) is 23.2. The maximum Gasteiger partial charge on any atom is 0.251 e. The molecule has 260 valence electrons. The number of carbonyl (C=O) groups is 3. The van der Waals surface area contributed by atoms with Crippen LogP contribution < -0.4 is 20.3 Å². The van der Waals surface area contributed by atoms with Gasteiger partial charge in [0.1, 0.15) is 6.04 Å². The molecule has 0 saturated carbocycles. The Morgan fingerprint density at radius 1 is 0.771 bits per heavy atom. The molecule has 0 aliphatic carbocycles. The summed E-state index contributed by atoms with van der Waals surface area (Å²) in [5.74, 6) is -1.99. The van der Waals surface area contributed by atoms with Gasteiger partial charge in [0.2, 0.25) is 21.8 Å². The fourth-order valence-corrected chi connectivity index (χ4v) is 6.63. The standard InChI is InChI=1S/C37H50N4O6S/c1-25(2)20-33(34(42)22-32(26(3)4)37(45)39-27(5)35(43)38-23-28-14-9-7-10-15-28)40-36(44)30-18-13-19-31(21-30)41(6)48(46,47)24-29-16-11-8-12-17-29/h7-19,21,25-27,32-34,42H,20,22-24H2,1-6H3,(H,38,43)(H,39,45)(H,40,44)/t27-,32-,33+,34+/m1/s1. The van der Waals surface area contributed by atoms with Crippen molar-refractivity contribution >= 4 is 33.4 Å². The van der Waals surface area contributed by atoms with Crippen molar-refractivity contribution in [2.24, 2.45) is 17.8 Å². The predicted molar refractivity (Wildman–Crippen MR) is 189 cm³/mol. The zero-order chi connectivity index (χ0) is 35.4. The third kappa shape index (κ3) is 11.5. The molecule has 3 aromatic rings. The Morgan fingerprint density at radius 2 is 1.38 bits per heavy atom. The normalized spacial score (nSPS) is 14.1. The van der Waals surface area contributed by atoms with Gasteiger partial charge in [0.25, 0.3) is 5.91 Å². The average molecular weight is 679 g/mol. The predicted octanol–water partition coefficient (Wildman–Crippen LogP) is 4.64. The van der Waals surface area contributed by atoms with Gasteiger partial charge in [0.05, 0.1) is 23.6 Å². The Bertz CT molecular complexity index is 1600. The molecule has 0 aliphatic rings. The van der Waals surface area contributed by atoms with Gasteiger partial charge in [-0.25, -0.2) is 8.42 Å². The zero-order valence-electron chi connectivity index (χ0n) is 28.7. The minimum Gasteiger partial charge on any atom is -0.391 e. The Kier molecular flexibility index (Phi) is 14.2. The lowest BCUT2D eigenvalue weighted by Gasteiger charge is -2.30. The number of sulfonamides is 1. The number of nitrogens with one attached hydrogen (secondary N) is 3. The molecule has 3 aromatic carbocycles. The van der Waals surface area contributed by atoms with E-state index in [1.165, 1.54) is 13.1 Å². The number of aliphatic hydroxyl groups is 1. The Morgan fingerprint density at radius 3 is 1.96 bits per heavy atom. The number of anilines is 1. The fourth-order valence-electron chi connectivity index (χ4n) is 5.39. The van der Waals surface area contributed by atoms with Gasteiger partial charge in [-0.1, -0.05) is 94.4 Å². The van der Waals surface area contributed by atoms with Crippen molar-refractivity contribution < 1.29 is 27.9 Å². The maximum atomic E-state index is 13.5. The number of carbonyl (C=O) groups excluding carboxylic acids is 3. The molecule has 11 heteroatoms. The SMILES string of the molecule is CC(C)C[C@H](NC(=O)c1cccc(N(C)S(=O)(=O)Cc2ccccc2)c1)[C@@H](O)C[C@@H](C(=O)N[C@H](C)C(=O)NCc1ccccc1)C(C)C. The second kappa shape index (κ2) is 17.8. The first kappa shape index (κ1) is 38.2. The summed E-state index contributed by atoms with van der Waals surface area (Å²) in [5, 5.41) is 20.0. The first-order valence-corrected chi connectivity index (χ1v) is 18.0. The van der Waals surface area contributed by atoms with E-state index in [1.807, 2.05) is 64.1 Å². The van der Waals surface area contributed by atoms with Crippen LogP contribution in [-0.4, -0.2) is 56.5 Å². The summed E-state index contributed by atoms with van der Waals surface area (Å²) in [7, 11) is -2.27. The van der Waals surface area contributed by atoms with Crippen LogP contribution in [0, 0.1) is 17.8 Å². The van der Waals surface area contributed by atoms with Crippen LogP contribution in [-0.2, 0) is 31.9 Å². The van der Waals surface area contributed by atoms with E-state index in [2.05, 4.69) is 16.0 Å². The van der Waals surface area contributed by atoms with E-state index < -0.39 is 40.0 Å². The lowest BCUT2D eigenvalue weighted by Crippen LogP contribution is -2.49. The number of benzene rings is 3. The monoisotopic (exact) mass is 678 g/mol. The smallest absolute Gasteiger partial charge is 0.251 e. The molecule has 0 fully saturated rings. The molecule has 4 N–H and O–H groups in total. The molecule has 0 radical (unpaired) electrons. The minimum atomic E-state index is -3.72. The van der Waals surface area contributed by atoms with Crippen LogP contribution in [0.15, 0.2) is 84.9 Å². The number of hydrogen-bond acceptors (Lipinski definition) is 6. The van der Waals surface area contributed by atoms with Gasteiger partial charge < -0.3 is 21.1 Å². The summed E-state index contributed by atoms with van der Waals surface area (Å²) >= 11 is 0. The molecule has 0 saturated heterocycles. The molecule has 3 rings (SSSR count). The van der Waals surface area contributed by atoms with E-state index in [9.17, 15) is 27.9 Å². The van der Waals surface area contributed by atoms with Gasteiger partial charge in [-0.05, 0) is 60.9 Å². The van der Waals surface area contributed by atoms with Gasteiger partial charge in [-0.2, -0.15) is 0 Å². The molecule has 0 aliphatic heterocycles. The number of amides is 3. The first-order chi connectivity index (χ1) is 22.7. The van der Waals surface area contributed by atoms with Crippen LogP contribution in [0.3, 0.4) is 0 Å². The highest BCUT2D eigenvalue weighted by molar-refractivity contribution is 7.92. The second-order valence-corrected chi connectivity index (χ2v) is 15.1. The van der Waals surface area contributed by atoms with Crippen LogP contribution in [0.1, 0.15) is 68.9 Å². The quantitative estimate of drug-likeness (QED) is 0.164. The molecular formula is C37H50N4O6S. The van der Waals surface area contributed by atoms with Gasteiger partial charge in [-0.3, -0.25) is 18.7 Å². The Balaban J connectivity index is 1.67. The second-order valence-electron chi connectivity index (χ2n) is 13.1. The Hall–Kier alpha value is -4.22. The van der Waals surface area contributed by atoms with Crippen molar-refractivity contribution in [3.8, 4) is 0 Å². The lowest BCUT2D eigenvalue weighted by molar-refractivity contribution is -0.132. The Labute approximate surface area is 285 Å². The molecule has 48 heavy (non-hydrogen) atoms. The van der Waals surface area contributed by atoms with Crippen molar-refractivity contribution in [1.29, 1.82) is 0 Å². The summed E-state index contributed by atoms with van der Waals surface area (Å²) < 4.78 is 27.4. The van der Waals surface area contributed by atoms with Crippen molar-refractivity contribution in [3.05, 3.63) is 102 Å². The van der Waals surface area contributed by atoms with E-state index in [1.54, 1.807) is 49.4 Å². The van der Waals surface area contributed by atoms with E-state index >= 15 is 0 Å². The molecule has 3 amide bonds. The topological polar surface area (TPSA) is 145 Å². The van der Waals surface area contributed by atoms with Crippen LogP contribution in [0.4, 0.5) is 5.69 Å². The zero-order valence-corrected chi connectivity index (χ0v) is 29.5. The van der Waals surface area contributed by atoms with Gasteiger partial charge >= 0.3 is 0 Å². The largest absolute Gasteiger partial charge is 0.391 e. The number of nitrogens with zero attached hydrogens (tertiary/aromatic N) is 1. The van der Waals surface area contributed by atoms with Gasteiger partial charge in [-0.15, -0.1) is 0 Å². The molecule has 0 unspecified atom stereocenters. The molecule has 0 spiro atoms. The molecule has 0 heterocycles. The molecule has 4 atom stereocenters. The lowest BCUT2D eigenvalue weighted by atomic mass is 9.85. The van der Waals surface area contributed by atoms with E-state index in [-0.39, 0.29) is 41.4 Å². The highest BCUT2D eigenvalue weighted by atomic mass is 32.2. The average Bonchev–Trinajstić information content (AvgIpc) is 3.05. The van der Waals surface area contributed by atoms with Crippen molar-refractivity contribution in [3.63, 3.8) is 0 Å². The fraction of sp³-hybridized carbons (Fsp3) is 0.432. The van der Waals surface area contributed by atoms with Crippen molar-refractivity contribution in [1.82, 2.24) is 16.0 Å². The van der Waals surface area contributed by atoms with Crippen LogP contribution >= 0.6 is 0 Å². The number of rotatable bonds is 17. The molecule has 0 bridgehead atoms. The summed E-state index contributed by atoms with van der Waals surface area (Å²) in [5.41, 5.74) is 2.16. The van der Waals surface area contributed by atoms with Crippen LogP contribution in [0.5, 0.6) is 0 Å². The third-order valence-corrected chi connectivity index (χ3v) is 10.0. The van der Waals surface area contributed by atoms with Crippen molar-refractivity contribution in [2.75, 3.05) is 11.4 Å². The number of aliphatic hydroxyl groups excluding tert-OH is 1. The molecule has 0 aromatic heterocycles. The number of hydrogen-bond donors (Lipinski definition) is 4. The summed E-state index contributed by atoms with van der Waals surface area (Å²) in [6.07, 6.45) is -0.545. The van der Waals surface area contributed by atoms with Crippen molar-refractivity contribution in [2.45, 2.75) is 77.9 Å². The van der Waals surface area contributed by atoms with Crippen LogP contribution in [0.2, 0.25) is 0 Å². The minimum absolute atomic E-state index is 0.0695. The molecule has 10 nitrogen and oxygen atoms in total. The first-order valence-electron chi connectivity index (χ1n) is 16.4. The maximum absolute atomic E-state index is 13.5. The third-order valence-electron chi connectivity index (χ3n) is 8.29. The van der Waals surface area contributed by atoms with Crippen LogP contribution in [0.25, 0.3) is 0 Å². The summed E-state index contributed by atoms with van der Waals surface area (Å²) in [4.78, 5) is 39.5. The molecular weight excluding hydrogens is 628 g/mol. The highest BCUT2D eigenvalue weighted by Gasteiger charge is 2.32. The van der Waals surface area contributed by atoms with Gasteiger partial charge in [0.15, 0.2) is 0 Å². The highest BCUT2D eigenvalue weighted by Crippen LogP contribution is 2.24. The van der Waals surface area contributed by atoms with E-state index in [4.69, 9.17) is 0 Å². The van der Waals surface area contributed by atoms with E-state index in [0.717, 1.165) is 9.87 Å². The van der Waals surface area contributed by atoms with E-state index in [0.29, 0.717) is 24.2 Å².